The van der Waals surface area contributed by atoms with Crippen LogP contribution in [-0.2, 0) is 4.74 Å². The van der Waals surface area contributed by atoms with Crippen molar-refractivity contribution in [1.82, 2.24) is 15.0 Å². The Morgan fingerprint density at radius 2 is 1.81 bits per heavy atom. The number of nitrogens with zero attached hydrogens (tertiary/aromatic N) is 3. The van der Waals surface area contributed by atoms with Crippen molar-refractivity contribution >= 4 is 33.3 Å². The Morgan fingerprint density at radius 1 is 1.00 bits per heavy atom. The van der Waals surface area contributed by atoms with Crippen LogP contribution in [0.5, 0.6) is 11.5 Å². The Labute approximate surface area is 186 Å². The number of benzene rings is 2. The number of hydrogen-bond donors (Lipinski definition) is 0. The van der Waals surface area contributed by atoms with Gasteiger partial charge in [-0.3, -0.25) is 4.79 Å². The Kier molecular flexibility index (Phi) is 5.47. The van der Waals surface area contributed by atoms with Crippen LogP contribution in [0.4, 0.5) is 0 Å². The molecule has 5 rings (SSSR count). The second-order valence-corrected chi connectivity index (χ2v) is 7.98. The summed E-state index contributed by atoms with van der Waals surface area (Å²) in [4.78, 5) is 38.3. The minimum absolute atomic E-state index is 0.0121. The fraction of sp³-hybridized carbons (Fsp3) is 0.174. The second kappa shape index (κ2) is 8.72. The van der Waals surface area contributed by atoms with Gasteiger partial charge in [0.25, 0.3) is 0 Å². The molecule has 0 spiro atoms. The first-order valence-corrected chi connectivity index (χ1v) is 10.8. The first-order chi connectivity index (χ1) is 15.7. The number of Topliss-reactive ketones (excluding diaryl/α,β-unsaturated/α-hetero) is 1. The van der Waals surface area contributed by atoms with Gasteiger partial charge in [0.15, 0.2) is 29.6 Å². The lowest BCUT2D eigenvalue weighted by Gasteiger charge is -2.09. The zero-order chi connectivity index (χ0) is 21.9. The molecule has 0 saturated heterocycles. The number of fused-ring (bicyclic) bond motifs is 2. The fourth-order valence-electron chi connectivity index (χ4n) is 3.24. The SMILES string of the molecule is O=C(COC(=O)c1nccnc1-c1nc2ccccc2s1)c1ccc2c(c1)OCCCO2. The summed E-state index contributed by atoms with van der Waals surface area (Å²) in [6.07, 6.45) is 3.66. The summed E-state index contributed by atoms with van der Waals surface area (Å²) in [7, 11) is 0. The van der Waals surface area contributed by atoms with Crippen LogP contribution in [0.3, 0.4) is 0 Å². The highest BCUT2D eigenvalue weighted by molar-refractivity contribution is 7.21. The standard InChI is InChI=1S/C23H17N3O5S/c27-16(14-6-7-17-18(12-14)30-11-3-10-29-17)13-31-23(28)21-20(24-8-9-25-21)22-26-15-4-1-2-5-19(15)32-22/h1-2,4-9,12H,3,10-11,13H2. The molecule has 1 aliphatic heterocycles. The number of ketones is 1. The van der Waals surface area contributed by atoms with E-state index in [-0.39, 0.29) is 11.5 Å². The van der Waals surface area contributed by atoms with Gasteiger partial charge in [0.2, 0.25) is 0 Å². The first-order valence-electron chi connectivity index (χ1n) is 9.96. The van der Waals surface area contributed by atoms with Crippen molar-refractivity contribution in [2.45, 2.75) is 6.42 Å². The molecule has 32 heavy (non-hydrogen) atoms. The predicted molar refractivity (Wildman–Crippen MR) is 117 cm³/mol. The van der Waals surface area contributed by atoms with Crippen LogP contribution in [0.1, 0.15) is 27.3 Å². The normalized spacial score (nSPS) is 12.9. The van der Waals surface area contributed by atoms with E-state index in [1.807, 2.05) is 24.3 Å². The van der Waals surface area contributed by atoms with E-state index in [0.29, 0.717) is 41.0 Å². The predicted octanol–water partition coefficient (Wildman–Crippen LogP) is 3.95. The summed E-state index contributed by atoms with van der Waals surface area (Å²) in [6.45, 7) is 0.641. The summed E-state index contributed by atoms with van der Waals surface area (Å²) in [5.74, 6) is -0.00252. The summed E-state index contributed by atoms with van der Waals surface area (Å²) in [5, 5.41) is 0.556. The number of para-hydroxylation sites is 1. The number of aromatic nitrogens is 3. The molecule has 2 aromatic carbocycles. The number of carbonyl (C=O) groups is 2. The van der Waals surface area contributed by atoms with Crippen LogP contribution >= 0.6 is 11.3 Å². The van der Waals surface area contributed by atoms with E-state index in [1.54, 1.807) is 18.2 Å². The van der Waals surface area contributed by atoms with E-state index in [1.165, 1.54) is 23.7 Å². The third-order valence-corrected chi connectivity index (χ3v) is 5.84. The van der Waals surface area contributed by atoms with Gasteiger partial charge in [0, 0.05) is 24.4 Å². The summed E-state index contributed by atoms with van der Waals surface area (Å²) >= 11 is 1.40. The van der Waals surface area contributed by atoms with E-state index in [0.717, 1.165) is 16.6 Å². The number of ether oxygens (including phenoxy) is 3. The van der Waals surface area contributed by atoms with Gasteiger partial charge in [-0.25, -0.2) is 19.7 Å². The number of carbonyl (C=O) groups excluding carboxylic acids is 2. The van der Waals surface area contributed by atoms with Crippen molar-refractivity contribution in [2.24, 2.45) is 0 Å². The smallest absolute Gasteiger partial charge is 0.359 e. The number of rotatable bonds is 5. The first kappa shape index (κ1) is 20.1. The van der Waals surface area contributed by atoms with Crippen molar-refractivity contribution in [1.29, 1.82) is 0 Å². The molecule has 1 aliphatic rings. The van der Waals surface area contributed by atoms with Crippen molar-refractivity contribution in [3.63, 3.8) is 0 Å². The highest BCUT2D eigenvalue weighted by atomic mass is 32.1. The van der Waals surface area contributed by atoms with Gasteiger partial charge < -0.3 is 14.2 Å². The third kappa shape index (κ3) is 4.02. The molecule has 0 unspecified atom stereocenters. The van der Waals surface area contributed by atoms with Gasteiger partial charge >= 0.3 is 5.97 Å². The number of hydrogen-bond acceptors (Lipinski definition) is 9. The molecule has 3 heterocycles. The maximum absolute atomic E-state index is 12.7. The summed E-state index contributed by atoms with van der Waals surface area (Å²) in [6, 6.07) is 12.6. The maximum atomic E-state index is 12.7. The monoisotopic (exact) mass is 447 g/mol. The van der Waals surface area contributed by atoms with Gasteiger partial charge in [-0.2, -0.15) is 0 Å². The van der Waals surface area contributed by atoms with E-state index < -0.39 is 12.6 Å². The number of esters is 1. The Hall–Kier alpha value is -3.85. The molecule has 9 heteroatoms. The lowest BCUT2D eigenvalue weighted by Crippen LogP contribution is -2.16. The molecule has 0 bridgehead atoms. The zero-order valence-electron chi connectivity index (χ0n) is 16.8. The lowest BCUT2D eigenvalue weighted by atomic mass is 10.1. The molecule has 0 aliphatic carbocycles. The van der Waals surface area contributed by atoms with Crippen molar-refractivity contribution < 1.29 is 23.8 Å². The van der Waals surface area contributed by atoms with Crippen LogP contribution in [0, 0.1) is 0 Å². The molecule has 160 valence electrons. The van der Waals surface area contributed by atoms with Crippen molar-refractivity contribution in [3.05, 3.63) is 66.1 Å². The molecule has 4 aromatic rings. The Bertz CT molecular complexity index is 1290. The quantitative estimate of drug-likeness (QED) is 0.335. The number of thiazole rings is 1. The van der Waals surface area contributed by atoms with Gasteiger partial charge in [-0.15, -0.1) is 11.3 Å². The Balaban J connectivity index is 1.33. The van der Waals surface area contributed by atoms with Crippen molar-refractivity contribution in [2.75, 3.05) is 19.8 Å². The molecular formula is C23H17N3O5S. The van der Waals surface area contributed by atoms with Gasteiger partial charge in [-0.1, -0.05) is 12.1 Å². The highest BCUT2D eigenvalue weighted by Gasteiger charge is 2.22. The highest BCUT2D eigenvalue weighted by Crippen LogP contribution is 2.31. The molecule has 2 aromatic heterocycles. The second-order valence-electron chi connectivity index (χ2n) is 6.95. The van der Waals surface area contributed by atoms with E-state index in [4.69, 9.17) is 14.2 Å². The van der Waals surface area contributed by atoms with Crippen LogP contribution in [0.15, 0.2) is 54.9 Å². The van der Waals surface area contributed by atoms with E-state index in [9.17, 15) is 9.59 Å². The van der Waals surface area contributed by atoms with Gasteiger partial charge in [0.1, 0.15) is 10.7 Å². The van der Waals surface area contributed by atoms with Crippen LogP contribution in [0.25, 0.3) is 20.9 Å². The average molecular weight is 447 g/mol. The molecule has 8 nitrogen and oxygen atoms in total. The third-order valence-electron chi connectivity index (χ3n) is 4.79. The minimum atomic E-state index is -0.741. The minimum Gasteiger partial charge on any atom is -0.490 e. The molecule has 0 atom stereocenters. The van der Waals surface area contributed by atoms with Crippen molar-refractivity contribution in [3.8, 4) is 22.2 Å². The topological polar surface area (TPSA) is 101 Å². The molecule has 0 fully saturated rings. The molecule has 0 saturated carbocycles. The average Bonchev–Trinajstić information content (AvgIpc) is 3.13. The Morgan fingerprint density at radius 3 is 2.69 bits per heavy atom. The van der Waals surface area contributed by atoms with E-state index in [2.05, 4.69) is 15.0 Å². The molecule has 0 amide bonds. The summed E-state index contributed by atoms with van der Waals surface area (Å²) < 4.78 is 17.4. The molecule has 0 N–H and O–H groups in total. The van der Waals surface area contributed by atoms with Crippen LogP contribution in [0.2, 0.25) is 0 Å². The van der Waals surface area contributed by atoms with Gasteiger partial charge in [-0.05, 0) is 30.3 Å². The lowest BCUT2D eigenvalue weighted by molar-refractivity contribution is 0.0469. The van der Waals surface area contributed by atoms with Crippen LogP contribution < -0.4 is 9.47 Å². The van der Waals surface area contributed by atoms with Gasteiger partial charge in [0.05, 0.1) is 23.4 Å². The maximum Gasteiger partial charge on any atom is 0.359 e. The fourth-order valence-corrected chi connectivity index (χ4v) is 4.20. The largest absolute Gasteiger partial charge is 0.490 e. The van der Waals surface area contributed by atoms with Crippen LogP contribution in [-0.4, -0.2) is 46.5 Å². The molecular weight excluding hydrogens is 430 g/mol. The summed E-state index contributed by atoms with van der Waals surface area (Å²) in [5.41, 5.74) is 1.51. The molecule has 0 radical (unpaired) electrons. The zero-order valence-corrected chi connectivity index (χ0v) is 17.6. The van der Waals surface area contributed by atoms with E-state index >= 15 is 0 Å².